The van der Waals surface area contributed by atoms with Crippen molar-refractivity contribution in [2.45, 2.75) is 19.5 Å². The van der Waals surface area contributed by atoms with E-state index in [1.807, 2.05) is 19.1 Å². The van der Waals surface area contributed by atoms with Gasteiger partial charge in [0.2, 0.25) is 5.91 Å². The largest absolute Gasteiger partial charge is 0.489 e. The lowest BCUT2D eigenvalue weighted by Crippen LogP contribution is -2.17. The van der Waals surface area contributed by atoms with E-state index in [1.54, 1.807) is 12.1 Å². The van der Waals surface area contributed by atoms with Gasteiger partial charge in [0.05, 0.1) is 24.3 Å². The maximum atomic E-state index is 13.0. The molecule has 0 aromatic heterocycles. The van der Waals surface area contributed by atoms with Gasteiger partial charge in [0.15, 0.2) is 0 Å². The van der Waals surface area contributed by atoms with Crippen LogP contribution < -0.4 is 10.1 Å². The summed E-state index contributed by atoms with van der Waals surface area (Å²) in [6.45, 7) is 2.30. The highest BCUT2D eigenvalue weighted by Gasteiger charge is 2.31. The van der Waals surface area contributed by atoms with Gasteiger partial charge in [0.1, 0.15) is 12.4 Å². The molecule has 0 saturated carbocycles. The third-order valence-corrected chi connectivity index (χ3v) is 3.74. The Morgan fingerprint density at radius 2 is 1.85 bits per heavy atom. The van der Waals surface area contributed by atoms with Crippen molar-refractivity contribution in [3.05, 3.63) is 59.2 Å². The van der Waals surface area contributed by atoms with Crippen molar-refractivity contribution in [1.82, 2.24) is 0 Å². The molecular weight excluding hydrogens is 347 g/mol. The minimum Gasteiger partial charge on any atom is -0.489 e. The molecule has 140 valence electrons. The van der Waals surface area contributed by atoms with Gasteiger partial charge in [0.25, 0.3) is 0 Å². The van der Waals surface area contributed by atoms with E-state index in [1.165, 1.54) is 13.2 Å². The van der Waals surface area contributed by atoms with Gasteiger partial charge in [-0.2, -0.15) is 13.2 Å². The van der Waals surface area contributed by atoms with Crippen molar-refractivity contribution < 1.29 is 27.4 Å². The summed E-state index contributed by atoms with van der Waals surface area (Å²) in [5.74, 6) is -0.261. The lowest BCUT2D eigenvalue weighted by molar-refractivity contribution is -0.137. The second-order valence-corrected chi connectivity index (χ2v) is 5.70. The van der Waals surface area contributed by atoms with E-state index >= 15 is 0 Å². The number of anilines is 1. The molecule has 2 rings (SSSR count). The fourth-order valence-electron chi connectivity index (χ4n) is 2.34. The molecule has 0 radical (unpaired) electrons. The van der Waals surface area contributed by atoms with E-state index in [0.717, 1.165) is 23.3 Å². The van der Waals surface area contributed by atoms with Crippen LogP contribution in [0.5, 0.6) is 5.75 Å². The van der Waals surface area contributed by atoms with Crippen molar-refractivity contribution in [3.63, 3.8) is 0 Å². The number of hydrogen-bond donors (Lipinski definition) is 1. The first kappa shape index (κ1) is 19.8. The highest BCUT2D eigenvalue weighted by molar-refractivity contribution is 5.94. The Balaban J connectivity index is 2.20. The molecule has 0 unspecified atom stereocenters. The molecule has 0 fully saturated rings. The summed E-state index contributed by atoms with van der Waals surface area (Å²) < 4.78 is 49.2. The Morgan fingerprint density at radius 3 is 2.50 bits per heavy atom. The van der Waals surface area contributed by atoms with Crippen LogP contribution in [-0.4, -0.2) is 26.2 Å². The third-order valence-electron chi connectivity index (χ3n) is 3.74. The van der Waals surface area contributed by atoms with Gasteiger partial charge >= 0.3 is 6.18 Å². The number of hydrogen-bond acceptors (Lipinski definition) is 3. The van der Waals surface area contributed by atoms with Crippen LogP contribution in [0.3, 0.4) is 0 Å². The zero-order chi connectivity index (χ0) is 19.2. The van der Waals surface area contributed by atoms with Gasteiger partial charge < -0.3 is 14.8 Å². The molecular formula is C19H20F3NO3. The number of aryl methyl sites for hydroxylation is 1. The maximum absolute atomic E-state index is 13.0. The van der Waals surface area contributed by atoms with Crippen molar-refractivity contribution in [2.75, 3.05) is 25.6 Å². The molecule has 0 bridgehead atoms. The second kappa shape index (κ2) is 8.71. The van der Waals surface area contributed by atoms with E-state index in [9.17, 15) is 18.0 Å². The molecule has 0 aliphatic carbocycles. The topological polar surface area (TPSA) is 47.6 Å². The molecule has 2 aromatic rings. The molecule has 0 heterocycles. The number of methoxy groups -OCH3 is 1. The van der Waals surface area contributed by atoms with E-state index in [4.69, 9.17) is 9.47 Å². The fourth-order valence-corrected chi connectivity index (χ4v) is 2.34. The van der Waals surface area contributed by atoms with Crippen molar-refractivity contribution in [2.24, 2.45) is 0 Å². The van der Waals surface area contributed by atoms with Crippen LogP contribution in [0.15, 0.2) is 42.5 Å². The van der Waals surface area contributed by atoms with Crippen LogP contribution in [0.2, 0.25) is 0 Å². The molecule has 0 aliphatic rings. The monoisotopic (exact) mass is 367 g/mol. The number of carbonyl (C=O) groups is 1. The summed E-state index contributed by atoms with van der Waals surface area (Å²) in [5.41, 5.74) is 0.861. The minimum atomic E-state index is -4.51. The molecule has 0 saturated heterocycles. The highest BCUT2D eigenvalue weighted by Crippen LogP contribution is 2.35. The summed E-state index contributed by atoms with van der Waals surface area (Å²) in [5, 5.41) is 2.52. The average molecular weight is 367 g/mol. The van der Waals surface area contributed by atoms with Gasteiger partial charge in [-0.05, 0) is 36.2 Å². The number of rotatable bonds is 7. The third kappa shape index (κ3) is 5.49. The highest BCUT2D eigenvalue weighted by atomic mass is 19.4. The van der Waals surface area contributed by atoms with Gasteiger partial charge in [-0.15, -0.1) is 0 Å². The molecule has 7 heteroatoms. The number of nitrogens with one attached hydrogen (secondary N) is 1. The van der Waals surface area contributed by atoms with E-state index in [0.29, 0.717) is 0 Å². The normalized spacial score (nSPS) is 11.3. The number of benzene rings is 2. The molecule has 0 spiro atoms. The minimum absolute atomic E-state index is 0.0190. The Kier molecular flexibility index (Phi) is 6.63. The zero-order valence-electron chi connectivity index (χ0n) is 14.5. The van der Waals surface area contributed by atoms with Crippen molar-refractivity contribution >= 4 is 11.6 Å². The molecule has 26 heavy (non-hydrogen) atoms. The van der Waals surface area contributed by atoms with Gasteiger partial charge in [-0.3, -0.25) is 4.79 Å². The van der Waals surface area contributed by atoms with Gasteiger partial charge in [-0.1, -0.05) is 24.3 Å². The maximum Gasteiger partial charge on any atom is 0.416 e. The van der Waals surface area contributed by atoms with E-state index in [2.05, 4.69) is 5.32 Å². The van der Waals surface area contributed by atoms with Gasteiger partial charge in [-0.25, -0.2) is 0 Å². The summed E-state index contributed by atoms with van der Waals surface area (Å²) in [7, 11) is 1.49. The molecule has 1 amide bonds. The molecule has 1 N–H and O–H groups in total. The first-order valence-corrected chi connectivity index (χ1v) is 7.98. The quantitative estimate of drug-likeness (QED) is 0.746. The van der Waals surface area contributed by atoms with E-state index in [-0.39, 0.29) is 31.1 Å². The molecule has 0 aliphatic heterocycles. The Hall–Kier alpha value is -2.54. The number of alkyl halides is 3. The summed E-state index contributed by atoms with van der Waals surface area (Å²) >= 11 is 0. The predicted octanol–water partition coefficient (Wildman–Crippen LogP) is 4.22. The number of ether oxygens (including phenoxy) is 2. The average Bonchev–Trinajstić information content (AvgIpc) is 2.57. The Labute approximate surface area is 149 Å². The summed E-state index contributed by atoms with van der Waals surface area (Å²) in [6, 6.07) is 10.3. The van der Waals surface area contributed by atoms with Crippen LogP contribution in [0, 0.1) is 6.92 Å². The van der Waals surface area contributed by atoms with Crippen LogP contribution in [0.1, 0.15) is 16.7 Å². The zero-order valence-corrected chi connectivity index (χ0v) is 14.5. The predicted molar refractivity (Wildman–Crippen MR) is 92.3 cm³/mol. The summed E-state index contributed by atoms with van der Waals surface area (Å²) in [6.07, 6.45) is -4.46. The fraction of sp³-hybridized carbons (Fsp3) is 0.316. The van der Waals surface area contributed by atoms with Crippen molar-refractivity contribution in [3.8, 4) is 5.75 Å². The first-order valence-electron chi connectivity index (χ1n) is 7.98. The number of halogens is 3. The lowest BCUT2D eigenvalue weighted by Gasteiger charge is -2.15. The second-order valence-electron chi connectivity index (χ2n) is 5.70. The number of amides is 1. The Bertz CT molecular complexity index is 760. The molecule has 4 nitrogen and oxygen atoms in total. The van der Waals surface area contributed by atoms with Crippen LogP contribution in [0.25, 0.3) is 0 Å². The molecule has 2 aromatic carbocycles. The van der Waals surface area contributed by atoms with E-state index < -0.39 is 17.6 Å². The standard InChI is InChI=1S/C19H20F3NO3/c1-13-5-3-4-6-14(13)11-18(24)23-16-12-15(19(20,21)22)7-8-17(16)26-10-9-25-2/h3-8,12H,9-11H2,1-2H3,(H,23,24). The smallest absolute Gasteiger partial charge is 0.416 e. The Morgan fingerprint density at radius 1 is 1.12 bits per heavy atom. The first-order chi connectivity index (χ1) is 12.3. The SMILES string of the molecule is COCCOc1ccc(C(F)(F)F)cc1NC(=O)Cc1ccccc1C. The lowest BCUT2D eigenvalue weighted by atomic mass is 10.1. The number of carbonyl (C=O) groups excluding carboxylic acids is 1. The van der Waals surface area contributed by atoms with Crippen molar-refractivity contribution in [1.29, 1.82) is 0 Å². The van der Waals surface area contributed by atoms with Gasteiger partial charge in [0, 0.05) is 7.11 Å². The molecule has 0 atom stereocenters. The van der Waals surface area contributed by atoms with Crippen LogP contribution >= 0.6 is 0 Å². The summed E-state index contributed by atoms with van der Waals surface area (Å²) in [4.78, 5) is 12.3. The van der Waals surface area contributed by atoms with Crippen LogP contribution in [0.4, 0.5) is 18.9 Å². The van der Waals surface area contributed by atoms with Crippen LogP contribution in [-0.2, 0) is 22.1 Å².